The Hall–Kier alpha value is -1.14. The van der Waals surface area contributed by atoms with Crippen LogP contribution in [0, 0.1) is 6.92 Å². The van der Waals surface area contributed by atoms with Crippen LogP contribution in [0.1, 0.15) is 56.4 Å². The summed E-state index contributed by atoms with van der Waals surface area (Å²) in [6, 6.07) is 0.160. The summed E-state index contributed by atoms with van der Waals surface area (Å²) in [5.74, 6) is -0.303. The molecule has 0 saturated carbocycles. The van der Waals surface area contributed by atoms with Crippen molar-refractivity contribution in [2.24, 2.45) is 0 Å². The summed E-state index contributed by atoms with van der Waals surface area (Å²) in [5.41, 5.74) is 0.280. The summed E-state index contributed by atoms with van der Waals surface area (Å²) in [4.78, 5) is 16.8. The molecule has 1 saturated heterocycles. The van der Waals surface area contributed by atoms with Gasteiger partial charge in [-0.05, 0) is 48.0 Å². The molecule has 0 aromatic carbocycles. The highest BCUT2D eigenvalue weighted by Gasteiger charge is 2.46. The lowest BCUT2D eigenvalue weighted by atomic mass is 9.95. The zero-order chi connectivity index (χ0) is 15.8. The Morgan fingerprint density at radius 3 is 2.67 bits per heavy atom. The Morgan fingerprint density at radius 2 is 2.14 bits per heavy atom. The SMILES string of the molecule is CCOC(=O)c1sc(NC2CC(C)(C)OC2(C)C)nc1C. The Morgan fingerprint density at radius 1 is 1.48 bits per heavy atom. The van der Waals surface area contributed by atoms with E-state index in [9.17, 15) is 4.79 Å². The predicted octanol–water partition coefficient (Wildman–Crippen LogP) is 3.39. The molecule has 0 spiro atoms. The van der Waals surface area contributed by atoms with Crippen molar-refractivity contribution in [1.29, 1.82) is 0 Å². The van der Waals surface area contributed by atoms with Gasteiger partial charge in [-0.15, -0.1) is 0 Å². The number of rotatable bonds is 4. The molecule has 1 aliphatic heterocycles. The third-order valence-corrected chi connectivity index (χ3v) is 4.70. The molecule has 118 valence electrons. The van der Waals surface area contributed by atoms with E-state index in [1.54, 1.807) is 6.92 Å². The van der Waals surface area contributed by atoms with E-state index in [4.69, 9.17) is 9.47 Å². The van der Waals surface area contributed by atoms with Gasteiger partial charge in [-0.1, -0.05) is 11.3 Å². The summed E-state index contributed by atoms with van der Waals surface area (Å²) in [7, 11) is 0. The number of aryl methyl sites for hydroxylation is 1. The van der Waals surface area contributed by atoms with Crippen LogP contribution < -0.4 is 5.32 Å². The Bertz CT molecular complexity index is 537. The average molecular weight is 312 g/mol. The molecule has 0 bridgehead atoms. The van der Waals surface area contributed by atoms with Crippen LogP contribution in [-0.2, 0) is 9.47 Å². The molecule has 21 heavy (non-hydrogen) atoms. The topological polar surface area (TPSA) is 60.5 Å². The Balaban J connectivity index is 2.14. The molecule has 1 aromatic heterocycles. The van der Waals surface area contributed by atoms with Crippen LogP contribution >= 0.6 is 11.3 Å². The van der Waals surface area contributed by atoms with Gasteiger partial charge in [0.15, 0.2) is 5.13 Å². The monoisotopic (exact) mass is 312 g/mol. The molecule has 1 fully saturated rings. The van der Waals surface area contributed by atoms with E-state index in [2.05, 4.69) is 38.0 Å². The minimum absolute atomic E-state index is 0.155. The van der Waals surface area contributed by atoms with E-state index in [0.29, 0.717) is 17.2 Å². The highest BCUT2D eigenvalue weighted by Crippen LogP contribution is 2.39. The summed E-state index contributed by atoms with van der Waals surface area (Å²) < 4.78 is 11.1. The van der Waals surface area contributed by atoms with Crippen molar-refractivity contribution < 1.29 is 14.3 Å². The summed E-state index contributed by atoms with van der Waals surface area (Å²) in [6.07, 6.45) is 0.896. The molecular formula is C15H24N2O3S. The van der Waals surface area contributed by atoms with E-state index < -0.39 is 0 Å². The van der Waals surface area contributed by atoms with Gasteiger partial charge in [0.2, 0.25) is 0 Å². The van der Waals surface area contributed by atoms with Crippen molar-refractivity contribution in [3.05, 3.63) is 10.6 Å². The third-order valence-electron chi connectivity index (χ3n) is 3.63. The molecule has 1 aromatic rings. The van der Waals surface area contributed by atoms with Gasteiger partial charge in [0.1, 0.15) is 4.88 Å². The average Bonchev–Trinajstić information content (AvgIpc) is 2.77. The molecule has 1 N–H and O–H groups in total. The zero-order valence-electron chi connectivity index (χ0n) is 13.6. The first kappa shape index (κ1) is 16.2. The van der Waals surface area contributed by atoms with Gasteiger partial charge in [-0.3, -0.25) is 0 Å². The third kappa shape index (κ3) is 3.55. The highest BCUT2D eigenvalue weighted by molar-refractivity contribution is 7.17. The lowest BCUT2D eigenvalue weighted by Crippen LogP contribution is -2.38. The van der Waals surface area contributed by atoms with Gasteiger partial charge in [-0.25, -0.2) is 9.78 Å². The van der Waals surface area contributed by atoms with Crippen molar-refractivity contribution in [3.8, 4) is 0 Å². The quantitative estimate of drug-likeness (QED) is 0.864. The number of esters is 1. The number of hydrogen-bond acceptors (Lipinski definition) is 6. The highest BCUT2D eigenvalue weighted by atomic mass is 32.1. The van der Waals surface area contributed by atoms with Crippen molar-refractivity contribution in [1.82, 2.24) is 4.98 Å². The van der Waals surface area contributed by atoms with E-state index in [1.807, 2.05) is 6.92 Å². The molecule has 2 rings (SSSR count). The minimum Gasteiger partial charge on any atom is -0.462 e. The van der Waals surface area contributed by atoms with Gasteiger partial charge in [0.25, 0.3) is 0 Å². The normalized spacial score (nSPS) is 23.0. The second kappa shape index (κ2) is 5.57. The Kier molecular flexibility index (Phi) is 4.31. The van der Waals surface area contributed by atoms with Crippen LogP contribution in [0.4, 0.5) is 5.13 Å². The summed E-state index contributed by atoms with van der Waals surface area (Å²) in [5, 5.41) is 4.16. The summed E-state index contributed by atoms with van der Waals surface area (Å²) in [6.45, 7) is 12.3. The van der Waals surface area contributed by atoms with E-state index in [0.717, 1.165) is 11.6 Å². The molecule has 2 heterocycles. The first-order valence-electron chi connectivity index (χ1n) is 7.26. The number of carbonyl (C=O) groups excluding carboxylic acids is 1. The fourth-order valence-corrected chi connectivity index (χ4v) is 3.69. The molecule has 0 aliphatic carbocycles. The molecule has 1 aliphatic rings. The van der Waals surface area contributed by atoms with Gasteiger partial charge in [-0.2, -0.15) is 0 Å². The maximum absolute atomic E-state index is 11.8. The maximum Gasteiger partial charge on any atom is 0.350 e. The van der Waals surface area contributed by atoms with E-state index in [-0.39, 0.29) is 23.2 Å². The van der Waals surface area contributed by atoms with Gasteiger partial charge >= 0.3 is 5.97 Å². The standard InChI is InChI=1S/C15H24N2O3S/c1-7-19-12(18)11-9(2)16-13(21-11)17-10-8-14(3,4)20-15(10,5)6/h10H,7-8H2,1-6H3,(H,16,17). The molecular weight excluding hydrogens is 288 g/mol. The zero-order valence-corrected chi connectivity index (χ0v) is 14.4. The van der Waals surface area contributed by atoms with Crippen LogP contribution in [0.15, 0.2) is 0 Å². The second-order valence-corrected chi connectivity index (χ2v) is 7.52. The number of hydrogen-bond donors (Lipinski definition) is 1. The largest absolute Gasteiger partial charge is 0.462 e. The minimum atomic E-state index is -0.303. The summed E-state index contributed by atoms with van der Waals surface area (Å²) >= 11 is 1.34. The number of nitrogens with zero attached hydrogens (tertiary/aromatic N) is 1. The van der Waals surface area contributed by atoms with Crippen LogP contribution in [0.3, 0.4) is 0 Å². The van der Waals surface area contributed by atoms with Crippen LogP contribution in [-0.4, -0.2) is 34.8 Å². The fourth-order valence-electron chi connectivity index (χ4n) is 2.78. The van der Waals surface area contributed by atoms with Crippen molar-refractivity contribution in [2.45, 2.75) is 65.2 Å². The van der Waals surface area contributed by atoms with Crippen molar-refractivity contribution in [2.75, 3.05) is 11.9 Å². The number of thiazole rings is 1. The first-order valence-corrected chi connectivity index (χ1v) is 8.07. The molecule has 6 heteroatoms. The van der Waals surface area contributed by atoms with E-state index in [1.165, 1.54) is 11.3 Å². The molecule has 0 radical (unpaired) electrons. The van der Waals surface area contributed by atoms with Gasteiger partial charge < -0.3 is 14.8 Å². The predicted molar refractivity (Wildman–Crippen MR) is 84.1 cm³/mol. The molecule has 0 amide bonds. The number of carbonyl (C=O) groups is 1. The molecule has 1 atom stereocenters. The smallest absolute Gasteiger partial charge is 0.350 e. The molecule has 1 unspecified atom stereocenters. The van der Waals surface area contributed by atoms with Crippen molar-refractivity contribution >= 4 is 22.4 Å². The fraction of sp³-hybridized carbons (Fsp3) is 0.733. The number of ether oxygens (including phenoxy) is 2. The van der Waals surface area contributed by atoms with Gasteiger partial charge in [0.05, 0.1) is 29.5 Å². The number of nitrogens with one attached hydrogen (secondary N) is 1. The van der Waals surface area contributed by atoms with Crippen LogP contribution in [0.5, 0.6) is 0 Å². The lowest BCUT2D eigenvalue weighted by Gasteiger charge is -2.27. The van der Waals surface area contributed by atoms with Crippen LogP contribution in [0.25, 0.3) is 0 Å². The Labute approximate surface area is 130 Å². The van der Waals surface area contributed by atoms with Crippen LogP contribution in [0.2, 0.25) is 0 Å². The van der Waals surface area contributed by atoms with Gasteiger partial charge in [0, 0.05) is 0 Å². The number of aromatic nitrogens is 1. The first-order chi connectivity index (χ1) is 9.64. The number of anilines is 1. The van der Waals surface area contributed by atoms with Crippen molar-refractivity contribution in [3.63, 3.8) is 0 Å². The molecule has 5 nitrogen and oxygen atoms in total. The van der Waals surface area contributed by atoms with E-state index >= 15 is 0 Å². The second-order valence-electron chi connectivity index (χ2n) is 6.52. The lowest BCUT2D eigenvalue weighted by molar-refractivity contribution is -0.0662. The maximum atomic E-state index is 11.8.